The molecular weight excluding hydrogens is 380 g/mol. The van der Waals surface area contributed by atoms with Crippen LogP contribution in [0.5, 0.6) is 0 Å². The molecule has 0 aromatic heterocycles. The normalized spacial score (nSPS) is 26.2. The number of hydrogen-bond donors (Lipinski definition) is 0. The summed E-state index contributed by atoms with van der Waals surface area (Å²) in [7, 11) is 1.60. The minimum Gasteiger partial charge on any atom is -0.368 e. The molecule has 0 aliphatic carbocycles. The standard InChI is InChI=1S/C25H30O5/c1-4-16-27-22-21(5-2)30-25(26-3)24(29-18-20-14-10-7-11-15-20)23(22)28-17-19-12-8-6-9-13-19/h4-15,21-25H,1-2,16-18H2,3H3/t21?,22-,23+,24-,25+/m1/s1. The summed E-state index contributed by atoms with van der Waals surface area (Å²) in [6.45, 7) is 8.85. The summed E-state index contributed by atoms with van der Waals surface area (Å²) in [6, 6.07) is 20.0. The molecule has 5 atom stereocenters. The van der Waals surface area contributed by atoms with Crippen molar-refractivity contribution in [1.82, 2.24) is 0 Å². The van der Waals surface area contributed by atoms with Gasteiger partial charge in [0.05, 0.1) is 19.8 Å². The molecule has 0 saturated carbocycles. The number of rotatable bonds is 11. The molecule has 30 heavy (non-hydrogen) atoms. The van der Waals surface area contributed by atoms with Crippen molar-refractivity contribution < 1.29 is 23.7 Å². The second-order valence-electron chi connectivity index (χ2n) is 7.05. The highest BCUT2D eigenvalue weighted by atomic mass is 16.7. The fourth-order valence-electron chi connectivity index (χ4n) is 3.48. The van der Waals surface area contributed by atoms with Gasteiger partial charge in [-0.05, 0) is 11.1 Å². The lowest BCUT2D eigenvalue weighted by molar-refractivity contribution is -0.306. The van der Waals surface area contributed by atoms with Gasteiger partial charge >= 0.3 is 0 Å². The van der Waals surface area contributed by atoms with E-state index in [1.54, 1.807) is 19.3 Å². The number of methoxy groups -OCH3 is 1. The van der Waals surface area contributed by atoms with Crippen molar-refractivity contribution >= 4 is 0 Å². The van der Waals surface area contributed by atoms with Crippen molar-refractivity contribution in [3.63, 3.8) is 0 Å². The van der Waals surface area contributed by atoms with Gasteiger partial charge in [-0.1, -0.05) is 72.8 Å². The third kappa shape index (κ3) is 5.88. The van der Waals surface area contributed by atoms with Gasteiger partial charge in [0, 0.05) is 7.11 Å². The smallest absolute Gasteiger partial charge is 0.186 e. The molecule has 0 radical (unpaired) electrons. The maximum Gasteiger partial charge on any atom is 0.186 e. The van der Waals surface area contributed by atoms with Crippen LogP contribution >= 0.6 is 0 Å². The van der Waals surface area contributed by atoms with Gasteiger partial charge in [-0.25, -0.2) is 0 Å². The zero-order chi connectivity index (χ0) is 21.2. The minimum absolute atomic E-state index is 0.368. The second-order valence-corrected chi connectivity index (χ2v) is 7.05. The minimum atomic E-state index is -0.610. The van der Waals surface area contributed by atoms with Crippen LogP contribution in [-0.4, -0.2) is 44.4 Å². The van der Waals surface area contributed by atoms with Crippen LogP contribution in [0.25, 0.3) is 0 Å². The average Bonchev–Trinajstić information content (AvgIpc) is 2.81. The van der Waals surface area contributed by atoms with Crippen LogP contribution in [0.2, 0.25) is 0 Å². The Bertz CT molecular complexity index is 764. The van der Waals surface area contributed by atoms with E-state index in [1.165, 1.54) is 0 Å². The molecule has 1 unspecified atom stereocenters. The molecule has 1 aliphatic heterocycles. The second kappa shape index (κ2) is 11.8. The molecule has 0 spiro atoms. The van der Waals surface area contributed by atoms with E-state index in [1.807, 2.05) is 60.7 Å². The van der Waals surface area contributed by atoms with Crippen LogP contribution in [0.1, 0.15) is 11.1 Å². The van der Waals surface area contributed by atoms with E-state index in [0.717, 1.165) is 11.1 Å². The van der Waals surface area contributed by atoms with Gasteiger partial charge in [-0.3, -0.25) is 0 Å². The molecule has 1 aliphatic rings. The molecule has 1 heterocycles. The van der Waals surface area contributed by atoms with Gasteiger partial charge in [-0.15, -0.1) is 13.2 Å². The monoisotopic (exact) mass is 410 g/mol. The van der Waals surface area contributed by atoms with Gasteiger partial charge in [0.2, 0.25) is 0 Å². The Morgan fingerprint density at radius 1 is 0.800 bits per heavy atom. The molecule has 5 nitrogen and oxygen atoms in total. The van der Waals surface area contributed by atoms with Gasteiger partial charge in [0.15, 0.2) is 6.29 Å². The Morgan fingerprint density at radius 3 is 1.87 bits per heavy atom. The summed E-state index contributed by atoms with van der Waals surface area (Å²) in [5.74, 6) is 0. The molecule has 2 aromatic rings. The quantitative estimate of drug-likeness (QED) is 0.517. The molecule has 0 amide bonds. The van der Waals surface area contributed by atoms with Crippen molar-refractivity contribution in [1.29, 1.82) is 0 Å². The van der Waals surface area contributed by atoms with E-state index in [4.69, 9.17) is 23.7 Å². The third-order valence-corrected chi connectivity index (χ3v) is 4.97. The van der Waals surface area contributed by atoms with Gasteiger partial charge < -0.3 is 23.7 Å². The van der Waals surface area contributed by atoms with Crippen molar-refractivity contribution in [3.05, 3.63) is 97.1 Å². The number of hydrogen-bond acceptors (Lipinski definition) is 5. The Morgan fingerprint density at radius 2 is 1.37 bits per heavy atom. The van der Waals surface area contributed by atoms with E-state index in [9.17, 15) is 0 Å². The summed E-state index contributed by atoms with van der Waals surface area (Å²) in [5, 5.41) is 0. The highest BCUT2D eigenvalue weighted by molar-refractivity contribution is 5.15. The highest BCUT2D eigenvalue weighted by Gasteiger charge is 2.47. The molecule has 1 saturated heterocycles. The zero-order valence-electron chi connectivity index (χ0n) is 17.4. The summed E-state index contributed by atoms with van der Waals surface area (Å²) in [4.78, 5) is 0. The predicted octanol–water partition coefficient (Wildman–Crippen LogP) is 4.29. The van der Waals surface area contributed by atoms with Crippen LogP contribution in [0.15, 0.2) is 86.0 Å². The van der Waals surface area contributed by atoms with E-state index < -0.39 is 30.7 Å². The first kappa shape index (κ1) is 22.4. The van der Waals surface area contributed by atoms with Gasteiger partial charge in [0.1, 0.15) is 24.4 Å². The van der Waals surface area contributed by atoms with Gasteiger partial charge in [-0.2, -0.15) is 0 Å². The Kier molecular flexibility index (Phi) is 8.81. The summed E-state index contributed by atoms with van der Waals surface area (Å²) >= 11 is 0. The van der Waals surface area contributed by atoms with Crippen LogP contribution in [-0.2, 0) is 36.9 Å². The first-order chi connectivity index (χ1) is 14.8. The van der Waals surface area contributed by atoms with Crippen LogP contribution in [0.3, 0.4) is 0 Å². The van der Waals surface area contributed by atoms with E-state index in [-0.39, 0.29) is 0 Å². The molecule has 2 aromatic carbocycles. The fraction of sp³-hybridized carbons (Fsp3) is 0.360. The van der Waals surface area contributed by atoms with E-state index in [2.05, 4.69) is 13.2 Å². The third-order valence-electron chi connectivity index (χ3n) is 4.97. The van der Waals surface area contributed by atoms with Crippen molar-refractivity contribution in [2.45, 2.75) is 43.9 Å². The topological polar surface area (TPSA) is 46.2 Å². The molecule has 160 valence electrons. The molecule has 0 N–H and O–H groups in total. The SMILES string of the molecule is C=CCO[C@@H]1C(C=C)O[C@H](OC)[C@H](OCc2ccccc2)[C@H]1OCc1ccccc1. The first-order valence-corrected chi connectivity index (χ1v) is 10.1. The molecular formula is C25H30O5. The summed E-state index contributed by atoms with van der Waals surface area (Å²) in [5.41, 5.74) is 2.13. The fourth-order valence-corrected chi connectivity index (χ4v) is 3.48. The van der Waals surface area contributed by atoms with Crippen LogP contribution in [0, 0.1) is 0 Å². The zero-order valence-corrected chi connectivity index (χ0v) is 17.4. The molecule has 1 fully saturated rings. The Balaban J connectivity index is 1.82. The maximum atomic E-state index is 6.35. The van der Waals surface area contributed by atoms with Crippen molar-refractivity contribution in [2.75, 3.05) is 13.7 Å². The lowest BCUT2D eigenvalue weighted by Gasteiger charge is -2.44. The summed E-state index contributed by atoms with van der Waals surface area (Å²) in [6.07, 6.45) is 1.10. The number of benzene rings is 2. The molecule has 3 rings (SSSR count). The van der Waals surface area contributed by atoms with E-state index >= 15 is 0 Å². The predicted molar refractivity (Wildman–Crippen MR) is 116 cm³/mol. The number of ether oxygens (including phenoxy) is 5. The van der Waals surface area contributed by atoms with E-state index in [0.29, 0.717) is 19.8 Å². The average molecular weight is 411 g/mol. The van der Waals surface area contributed by atoms with Crippen molar-refractivity contribution in [2.24, 2.45) is 0 Å². The molecule has 0 bridgehead atoms. The highest BCUT2D eigenvalue weighted by Crippen LogP contribution is 2.30. The van der Waals surface area contributed by atoms with Gasteiger partial charge in [0.25, 0.3) is 0 Å². The summed E-state index contributed by atoms with van der Waals surface area (Å²) < 4.78 is 30.3. The molecule has 5 heteroatoms. The Hall–Kier alpha value is -2.28. The first-order valence-electron chi connectivity index (χ1n) is 10.1. The Labute approximate surface area is 178 Å². The van der Waals surface area contributed by atoms with Crippen molar-refractivity contribution in [3.8, 4) is 0 Å². The lowest BCUT2D eigenvalue weighted by Crippen LogP contribution is -2.60. The van der Waals surface area contributed by atoms with Crippen LogP contribution < -0.4 is 0 Å². The lowest BCUT2D eigenvalue weighted by atomic mass is 9.97. The largest absolute Gasteiger partial charge is 0.368 e. The van der Waals surface area contributed by atoms with Crippen LogP contribution in [0.4, 0.5) is 0 Å². The maximum absolute atomic E-state index is 6.35.